The lowest BCUT2D eigenvalue weighted by Crippen LogP contribution is -2.63. The number of rotatable bonds is 12. The Hall–Kier alpha value is -4.32. The topological polar surface area (TPSA) is 223 Å². The molecule has 300 valence electrons. The number of aliphatic hydroxyl groups is 4. The quantitative estimate of drug-likeness (QED) is 0.180. The van der Waals surface area contributed by atoms with Gasteiger partial charge in [-0.3, -0.25) is 19.2 Å². The highest BCUT2D eigenvalue weighted by Crippen LogP contribution is 2.32. The first-order chi connectivity index (χ1) is 25.4. The predicted octanol–water partition coefficient (Wildman–Crippen LogP) is 2.26. The first kappa shape index (κ1) is 44.1. The van der Waals surface area contributed by atoms with Gasteiger partial charge in [-0.1, -0.05) is 52.0 Å². The zero-order valence-electron chi connectivity index (χ0n) is 31.6. The van der Waals surface area contributed by atoms with E-state index in [4.69, 9.17) is 43.0 Å². The van der Waals surface area contributed by atoms with Crippen molar-refractivity contribution in [3.05, 3.63) is 59.7 Å². The van der Waals surface area contributed by atoms with E-state index in [-0.39, 0.29) is 6.61 Å². The number of carbonyl (C=O) groups excluding carboxylic acids is 4. The van der Waals surface area contributed by atoms with Crippen molar-refractivity contribution in [1.82, 2.24) is 0 Å². The molecule has 0 aromatic heterocycles. The van der Waals surface area contributed by atoms with Crippen molar-refractivity contribution in [1.29, 1.82) is 0 Å². The van der Waals surface area contributed by atoms with Gasteiger partial charge in [-0.15, -0.1) is 0 Å². The van der Waals surface area contributed by atoms with Crippen molar-refractivity contribution in [3.8, 4) is 11.5 Å². The minimum absolute atomic E-state index is 0.310. The Morgan fingerprint density at radius 3 is 1.43 bits per heavy atom. The summed E-state index contributed by atoms with van der Waals surface area (Å²) in [5, 5.41) is 38.4. The largest absolute Gasteiger partial charge is 0.463 e. The second-order valence-corrected chi connectivity index (χ2v) is 13.4. The van der Waals surface area contributed by atoms with Crippen molar-refractivity contribution in [2.45, 2.75) is 129 Å². The zero-order chi connectivity index (χ0) is 40.3. The molecule has 0 amide bonds. The molecule has 54 heavy (non-hydrogen) atoms. The maximum Gasteiger partial charge on any atom is 0.303 e. The van der Waals surface area contributed by atoms with E-state index >= 15 is 0 Å². The lowest BCUT2D eigenvalue weighted by molar-refractivity contribution is -0.288. The van der Waals surface area contributed by atoms with E-state index in [0.717, 1.165) is 25.0 Å². The van der Waals surface area contributed by atoms with Gasteiger partial charge in [0.05, 0.1) is 6.61 Å². The van der Waals surface area contributed by atoms with Crippen LogP contribution in [-0.2, 0) is 47.6 Å². The number of benzene rings is 2. The number of carbonyl (C=O) groups is 4. The van der Waals surface area contributed by atoms with Gasteiger partial charge >= 0.3 is 23.9 Å². The fraction of sp³-hybridized carbons (Fsp3) is 0.579. The molecule has 4 rings (SSSR count). The molecule has 4 unspecified atom stereocenters. The fourth-order valence-electron chi connectivity index (χ4n) is 5.58. The number of hydrogen-bond acceptors (Lipinski definition) is 16. The third-order valence-electron chi connectivity index (χ3n) is 8.39. The van der Waals surface area contributed by atoms with Gasteiger partial charge in [-0.2, -0.15) is 0 Å². The number of hydrogen-bond donors (Lipinski definition) is 4. The van der Waals surface area contributed by atoms with Crippen LogP contribution in [-0.4, -0.2) is 119 Å². The molecular formula is C38H52O16. The van der Waals surface area contributed by atoms with Gasteiger partial charge in [-0.05, 0) is 47.2 Å². The Kier molecular flexibility index (Phi) is 16.6. The third kappa shape index (κ3) is 12.6. The summed E-state index contributed by atoms with van der Waals surface area (Å²) in [7, 11) is 0. The second kappa shape index (κ2) is 20.4. The molecule has 2 aromatic rings. The van der Waals surface area contributed by atoms with Crippen LogP contribution in [0.5, 0.6) is 11.5 Å². The van der Waals surface area contributed by atoms with Crippen molar-refractivity contribution < 1.29 is 77.5 Å². The minimum atomic E-state index is -1.43. The lowest BCUT2D eigenvalue weighted by Gasteiger charge is -2.43. The molecule has 0 radical (unpaired) electrons. The molecule has 0 saturated carbocycles. The number of aliphatic hydroxyl groups excluding tert-OH is 4. The molecule has 16 heteroatoms. The van der Waals surface area contributed by atoms with Crippen molar-refractivity contribution in [3.63, 3.8) is 0 Å². The highest BCUT2D eigenvalue weighted by atomic mass is 16.7. The van der Waals surface area contributed by atoms with Crippen LogP contribution in [0.3, 0.4) is 0 Å². The molecule has 2 aromatic carbocycles. The molecule has 0 bridgehead atoms. The molecule has 2 heterocycles. The summed E-state index contributed by atoms with van der Waals surface area (Å²) in [5.41, 5.74) is 2.24. The summed E-state index contributed by atoms with van der Waals surface area (Å²) in [4.78, 5) is 46.8. The molecule has 2 aliphatic rings. The summed E-state index contributed by atoms with van der Waals surface area (Å²) in [5.74, 6) is -1.10. The second-order valence-electron chi connectivity index (χ2n) is 13.4. The van der Waals surface area contributed by atoms with Gasteiger partial charge in [0.15, 0.2) is 12.2 Å². The zero-order valence-corrected chi connectivity index (χ0v) is 31.6. The Bertz CT molecular complexity index is 1510. The van der Waals surface area contributed by atoms with Gasteiger partial charge < -0.3 is 58.3 Å². The summed E-state index contributed by atoms with van der Waals surface area (Å²) < 4.78 is 43.7. The molecular weight excluding hydrogens is 712 g/mol. The van der Waals surface area contributed by atoms with Crippen molar-refractivity contribution >= 4 is 23.9 Å². The number of esters is 4. The summed E-state index contributed by atoms with van der Waals surface area (Å²) in [6, 6.07) is 14.5. The highest BCUT2D eigenvalue weighted by molar-refractivity contribution is 5.68. The van der Waals surface area contributed by atoms with E-state index in [9.17, 15) is 34.5 Å². The van der Waals surface area contributed by atoms with Gasteiger partial charge in [0.1, 0.15) is 48.6 Å². The molecule has 2 saturated heterocycles. The Labute approximate surface area is 314 Å². The van der Waals surface area contributed by atoms with Gasteiger partial charge in [0.2, 0.25) is 18.7 Å². The molecule has 10 atom stereocenters. The molecule has 4 N–H and O–H groups in total. The maximum atomic E-state index is 11.8. The third-order valence-corrected chi connectivity index (χ3v) is 8.39. The van der Waals surface area contributed by atoms with E-state index < -0.39 is 91.9 Å². The van der Waals surface area contributed by atoms with Crippen LogP contribution in [0.25, 0.3) is 0 Å². The Morgan fingerprint density at radius 2 is 1.00 bits per heavy atom. The van der Waals surface area contributed by atoms with E-state index in [2.05, 4.69) is 27.7 Å². The maximum absolute atomic E-state index is 11.8. The molecule has 0 spiro atoms. The van der Waals surface area contributed by atoms with E-state index in [1.54, 1.807) is 24.3 Å². The smallest absolute Gasteiger partial charge is 0.303 e. The average Bonchev–Trinajstić information content (AvgIpc) is 3.10. The highest BCUT2D eigenvalue weighted by Gasteiger charge is 2.53. The van der Waals surface area contributed by atoms with Crippen molar-refractivity contribution in [2.24, 2.45) is 0 Å². The average molecular weight is 765 g/mol. The monoisotopic (exact) mass is 764 g/mol. The predicted molar refractivity (Wildman–Crippen MR) is 188 cm³/mol. The normalized spacial score (nSPS) is 27.9. The SMILES string of the molecule is CC(=O)OCC1O[C@H](Oc2ccc(C(C)C)cc2)C(OC(C)=O)[C@@H](OC(C)=O)[C@@H]1OC(C)=O.CC(C)c1ccc(O[C@H]2OC(CO)[C@@H](O)[C@H](O)C2O)cc1. The Balaban J connectivity index is 0.000000320. The van der Waals surface area contributed by atoms with Crippen LogP contribution in [0.15, 0.2) is 48.5 Å². The van der Waals surface area contributed by atoms with Gasteiger partial charge in [0.25, 0.3) is 0 Å². The summed E-state index contributed by atoms with van der Waals surface area (Å²) >= 11 is 0. The first-order valence-corrected chi connectivity index (χ1v) is 17.6. The molecule has 2 fully saturated rings. The van der Waals surface area contributed by atoms with E-state index in [0.29, 0.717) is 23.3 Å². The standard InChI is InChI=1S/C23H30O10.C15H22O6/c1-12(2)17-7-9-18(10-8-17)32-23-22(31-16(6)27)21(30-15(5)26)20(29-14(4)25)19(33-23)11-28-13(3)24;1-8(2)9-3-5-10(6-4-9)20-15-14(19)13(18)12(17)11(7-16)21-15/h7-10,12,19-23H,11H2,1-6H3;3-6,8,11-19H,7H2,1-2H3/t19?,20-,21+,22?,23+;11?,12-,13+,14?,15+/m11/s1. The van der Waals surface area contributed by atoms with Crippen LogP contribution in [0.1, 0.15) is 78.4 Å². The summed E-state index contributed by atoms with van der Waals surface area (Å²) in [6.45, 7) is 12.2. The molecule has 16 nitrogen and oxygen atoms in total. The Morgan fingerprint density at radius 1 is 0.574 bits per heavy atom. The van der Waals surface area contributed by atoms with E-state index in [1.165, 1.54) is 13.8 Å². The van der Waals surface area contributed by atoms with Gasteiger partial charge in [0, 0.05) is 27.7 Å². The fourth-order valence-corrected chi connectivity index (χ4v) is 5.58. The van der Waals surface area contributed by atoms with Crippen LogP contribution in [0.4, 0.5) is 0 Å². The summed E-state index contributed by atoms with van der Waals surface area (Å²) in [6.07, 6.45) is -12.4. The van der Waals surface area contributed by atoms with Crippen molar-refractivity contribution in [2.75, 3.05) is 13.2 Å². The van der Waals surface area contributed by atoms with E-state index in [1.807, 2.05) is 24.3 Å². The van der Waals surface area contributed by atoms with Crippen LogP contribution < -0.4 is 9.47 Å². The van der Waals surface area contributed by atoms with Gasteiger partial charge in [-0.25, -0.2) is 0 Å². The van der Waals surface area contributed by atoms with Crippen LogP contribution in [0, 0.1) is 0 Å². The first-order valence-electron chi connectivity index (χ1n) is 17.6. The van der Waals surface area contributed by atoms with Crippen LogP contribution >= 0.6 is 0 Å². The minimum Gasteiger partial charge on any atom is -0.463 e. The van der Waals surface area contributed by atoms with Crippen LogP contribution in [0.2, 0.25) is 0 Å². The lowest BCUT2D eigenvalue weighted by atomic mass is 9.98. The number of ether oxygens (including phenoxy) is 8. The molecule has 2 aliphatic heterocycles. The molecule has 0 aliphatic carbocycles.